The second-order valence-corrected chi connectivity index (χ2v) is 7.01. The Hall–Kier alpha value is -2.31. The fraction of sp³-hybridized carbons (Fsp3) is 0.500. The molecule has 0 saturated heterocycles. The molecule has 1 fully saturated rings. The predicted molar refractivity (Wildman–Crippen MR) is 98.8 cm³/mol. The van der Waals surface area contributed by atoms with Crippen LogP contribution in [0.5, 0.6) is 5.75 Å². The van der Waals surface area contributed by atoms with Gasteiger partial charge in [-0.3, -0.25) is 0 Å². The van der Waals surface area contributed by atoms with Gasteiger partial charge in [-0.05, 0) is 56.4 Å². The van der Waals surface area contributed by atoms with Crippen molar-refractivity contribution < 1.29 is 17.9 Å². The van der Waals surface area contributed by atoms with Crippen LogP contribution in [-0.2, 0) is 0 Å². The van der Waals surface area contributed by atoms with E-state index in [-0.39, 0.29) is 5.75 Å². The fourth-order valence-electron chi connectivity index (χ4n) is 3.74. The minimum absolute atomic E-state index is 0.242. The molecule has 1 aliphatic rings. The van der Waals surface area contributed by atoms with Gasteiger partial charge in [-0.15, -0.1) is 13.2 Å². The zero-order valence-corrected chi connectivity index (χ0v) is 15.7. The molecule has 0 radical (unpaired) electrons. The third-order valence-corrected chi connectivity index (χ3v) is 5.24. The second-order valence-electron chi connectivity index (χ2n) is 7.01. The molecule has 0 aliphatic heterocycles. The van der Waals surface area contributed by atoms with Crippen molar-refractivity contribution in [3.8, 4) is 17.0 Å². The Morgan fingerprint density at radius 2 is 1.85 bits per heavy atom. The normalized spacial score (nSPS) is 19.9. The van der Waals surface area contributed by atoms with Crippen molar-refractivity contribution in [3.05, 3.63) is 35.7 Å². The van der Waals surface area contributed by atoms with E-state index in [0.717, 1.165) is 47.7 Å². The molecule has 1 heterocycles. The molecule has 3 rings (SSSR count). The smallest absolute Gasteiger partial charge is 0.406 e. The molecule has 0 bridgehead atoms. The molecule has 1 aliphatic carbocycles. The Morgan fingerprint density at radius 3 is 2.41 bits per heavy atom. The standard InChI is InChI=1S/C20H24F3N3O/c1-4-13-5-6-15(11-13)19-25-17(12(2)18(24-3)26-19)14-7-9-16(10-8-14)27-20(21,22)23/h7-10,13,15H,4-6,11H2,1-3H3,(H,24,25,26). The molecular weight excluding hydrogens is 355 g/mol. The number of nitrogens with one attached hydrogen (secondary N) is 1. The van der Waals surface area contributed by atoms with Crippen LogP contribution in [-0.4, -0.2) is 23.4 Å². The van der Waals surface area contributed by atoms with E-state index in [0.29, 0.717) is 11.8 Å². The molecule has 7 heteroatoms. The van der Waals surface area contributed by atoms with Gasteiger partial charge in [0.25, 0.3) is 0 Å². The van der Waals surface area contributed by atoms with Crippen LogP contribution in [0.15, 0.2) is 24.3 Å². The van der Waals surface area contributed by atoms with E-state index in [4.69, 9.17) is 9.97 Å². The van der Waals surface area contributed by atoms with Crippen LogP contribution < -0.4 is 10.1 Å². The molecule has 1 aromatic carbocycles. The summed E-state index contributed by atoms with van der Waals surface area (Å²) in [5.41, 5.74) is 2.35. The number of aromatic nitrogens is 2. The molecule has 1 N–H and O–H groups in total. The van der Waals surface area contributed by atoms with Crippen molar-refractivity contribution in [1.29, 1.82) is 0 Å². The molecule has 1 aromatic heterocycles. The summed E-state index contributed by atoms with van der Waals surface area (Å²) < 4.78 is 41.0. The third-order valence-electron chi connectivity index (χ3n) is 5.24. The number of benzene rings is 1. The molecule has 0 spiro atoms. The Kier molecular flexibility index (Phi) is 5.58. The van der Waals surface area contributed by atoms with Crippen molar-refractivity contribution in [3.63, 3.8) is 0 Å². The highest BCUT2D eigenvalue weighted by Gasteiger charge is 2.31. The zero-order valence-electron chi connectivity index (χ0n) is 15.7. The minimum atomic E-state index is -4.70. The maximum Gasteiger partial charge on any atom is 0.573 e. The van der Waals surface area contributed by atoms with Gasteiger partial charge in [0.15, 0.2) is 0 Å². The van der Waals surface area contributed by atoms with E-state index in [1.165, 1.54) is 18.6 Å². The number of hydrogen-bond acceptors (Lipinski definition) is 4. The average molecular weight is 379 g/mol. The fourth-order valence-corrected chi connectivity index (χ4v) is 3.74. The summed E-state index contributed by atoms with van der Waals surface area (Å²) in [4.78, 5) is 9.49. The van der Waals surface area contributed by atoms with Crippen molar-refractivity contribution in [2.75, 3.05) is 12.4 Å². The van der Waals surface area contributed by atoms with Gasteiger partial charge in [-0.2, -0.15) is 0 Å². The molecule has 2 atom stereocenters. The molecular formula is C20H24F3N3O. The summed E-state index contributed by atoms with van der Waals surface area (Å²) in [5, 5.41) is 3.11. The summed E-state index contributed by atoms with van der Waals surface area (Å²) in [6, 6.07) is 5.82. The van der Waals surface area contributed by atoms with Crippen molar-refractivity contribution >= 4 is 5.82 Å². The largest absolute Gasteiger partial charge is 0.573 e. The Bertz CT molecular complexity index is 790. The first kappa shape index (κ1) is 19.5. The molecule has 4 nitrogen and oxygen atoms in total. The highest BCUT2D eigenvalue weighted by Crippen LogP contribution is 2.40. The Morgan fingerprint density at radius 1 is 1.15 bits per heavy atom. The van der Waals surface area contributed by atoms with E-state index in [2.05, 4.69) is 17.0 Å². The molecule has 1 saturated carbocycles. The Balaban J connectivity index is 1.93. The number of halogens is 3. The summed E-state index contributed by atoms with van der Waals surface area (Å²) in [5.74, 6) is 2.36. The van der Waals surface area contributed by atoms with Crippen LogP contribution in [0.4, 0.5) is 19.0 Å². The van der Waals surface area contributed by atoms with Gasteiger partial charge in [-0.25, -0.2) is 9.97 Å². The lowest BCUT2D eigenvalue weighted by atomic mass is 10.0. The topological polar surface area (TPSA) is 47.0 Å². The van der Waals surface area contributed by atoms with Crippen LogP contribution in [0.25, 0.3) is 11.3 Å². The van der Waals surface area contributed by atoms with Gasteiger partial charge in [-0.1, -0.05) is 13.3 Å². The van der Waals surface area contributed by atoms with Crippen LogP contribution in [0.3, 0.4) is 0 Å². The van der Waals surface area contributed by atoms with Crippen LogP contribution >= 0.6 is 0 Å². The van der Waals surface area contributed by atoms with E-state index in [1.54, 1.807) is 12.1 Å². The number of nitrogens with zero attached hydrogens (tertiary/aromatic N) is 2. The quantitative estimate of drug-likeness (QED) is 0.725. The monoisotopic (exact) mass is 379 g/mol. The average Bonchev–Trinajstić information content (AvgIpc) is 3.11. The zero-order chi connectivity index (χ0) is 19.6. The van der Waals surface area contributed by atoms with Crippen molar-refractivity contribution in [1.82, 2.24) is 9.97 Å². The molecule has 2 unspecified atom stereocenters. The van der Waals surface area contributed by atoms with E-state index < -0.39 is 6.36 Å². The number of rotatable bonds is 5. The Labute approximate surface area is 157 Å². The maximum absolute atomic E-state index is 12.4. The van der Waals surface area contributed by atoms with Gasteiger partial charge in [0, 0.05) is 24.1 Å². The van der Waals surface area contributed by atoms with Crippen LogP contribution in [0, 0.1) is 12.8 Å². The van der Waals surface area contributed by atoms with Gasteiger partial charge in [0.2, 0.25) is 0 Å². The van der Waals surface area contributed by atoms with Gasteiger partial charge in [0.1, 0.15) is 17.4 Å². The first-order valence-electron chi connectivity index (χ1n) is 9.23. The molecule has 0 amide bonds. The highest BCUT2D eigenvalue weighted by molar-refractivity contribution is 5.68. The van der Waals surface area contributed by atoms with Gasteiger partial charge >= 0.3 is 6.36 Å². The molecule has 146 valence electrons. The first-order chi connectivity index (χ1) is 12.8. The number of hydrogen-bond donors (Lipinski definition) is 1. The van der Waals surface area contributed by atoms with Gasteiger partial charge in [0.05, 0.1) is 5.69 Å². The second kappa shape index (κ2) is 7.74. The maximum atomic E-state index is 12.4. The van der Waals surface area contributed by atoms with Crippen molar-refractivity contribution in [2.24, 2.45) is 5.92 Å². The summed E-state index contributed by atoms with van der Waals surface area (Å²) in [6.07, 6.45) is -0.193. The van der Waals surface area contributed by atoms with E-state index in [1.807, 2.05) is 14.0 Å². The lowest BCUT2D eigenvalue weighted by Gasteiger charge is -2.16. The summed E-state index contributed by atoms with van der Waals surface area (Å²) >= 11 is 0. The van der Waals surface area contributed by atoms with Crippen LogP contribution in [0.1, 0.15) is 49.9 Å². The van der Waals surface area contributed by atoms with Crippen LogP contribution in [0.2, 0.25) is 0 Å². The minimum Gasteiger partial charge on any atom is -0.406 e. The van der Waals surface area contributed by atoms with E-state index >= 15 is 0 Å². The lowest BCUT2D eigenvalue weighted by molar-refractivity contribution is -0.274. The van der Waals surface area contributed by atoms with Crippen molar-refractivity contribution in [2.45, 2.75) is 51.8 Å². The molecule has 2 aromatic rings. The number of anilines is 1. The first-order valence-corrected chi connectivity index (χ1v) is 9.23. The SMILES string of the molecule is CCC1CCC(c2nc(NC)c(C)c(-c3ccc(OC(F)(F)F)cc3)n2)C1. The predicted octanol–water partition coefficient (Wildman–Crippen LogP) is 5.69. The van der Waals surface area contributed by atoms with E-state index in [9.17, 15) is 13.2 Å². The lowest BCUT2D eigenvalue weighted by Crippen LogP contribution is -2.17. The van der Waals surface area contributed by atoms with Gasteiger partial charge < -0.3 is 10.1 Å². The number of alkyl halides is 3. The summed E-state index contributed by atoms with van der Waals surface area (Å²) in [7, 11) is 1.81. The highest BCUT2D eigenvalue weighted by atomic mass is 19.4. The summed E-state index contributed by atoms with van der Waals surface area (Å²) in [6.45, 7) is 4.12. The molecule has 27 heavy (non-hydrogen) atoms. The number of ether oxygens (including phenoxy) is 1. The third kappa shape index (κ3) is 4.51.